The first-order valence-corrected chi connectivity index (χ1v) is 8.28. The average molecular weight is 348 g/mol. The molecule has 3 rings (SSSR count). The average Bonchev–Trinajstić information content (AvgIpc) is 2.71. The zero-order valence-corrected chi connectivity index (χ0v) is 14.3. The maximum atomic E-state index is 5.79. The third-order valence-electron chi connectivity index (χ3n) is 3.33. The van der Waals surface area contributed by atoms with Crippen LogP contribution in [0.3, 0.4) is 0 Å². The van der Waals surface area contributed by atoms with Crippen molar-refractivity contribution in [1.82, 2.24) is 4.90 Å². The second-order valence-corrected chi connectivity index (χ2v) is 5.71. The van der Waals surface area contributed by atoms with Crippen molar-refractivity contribution in [3.8, 4) is 5.75 Å². The number of fused-ring (bicyclic) bond motifs is 1. The summed E-state index contributed by atoms with van der Waals surface area (Å²) in [5, 5.41) is 0. The zero-order chi connectivity index (χ0) is 15.1. The van der Waals surface area contributed by atoms with Gasteiger partial charge in [0.05, 0.1) is 0 Å². The van der Waals surface area contributed by atoms with E-state index in [1.54, 1.807) is 0 Å². The van der Waals surface area contributed by atoms with E-state index in [1.807, 2.05) is 19.9 Å². The van der Waals surface area contributed by atoms with E-state index in [4.69, 9.17) is 4.74 Å². The molecule has 3 heteroatoms. The maximum Gasteiger partial charge on any atom is 0.123 e. The number of nitrogens with zero attached hydrogens (tertiary/aromatic N) is 1. The lowest BCUT2D eigenvalue weighted by atomic mass is 10.1. The van der Waals surface area contributed by atoms with Gasteiger partial charge in [0.15, 0.2) is 0 Å². The van der Waals surface area contributed by atoms with E-state index in [9.17, 15) is 0 Å². The Labute approximate surface area is 135 Å². The summed E-state index contributed by atoms with van der Waals surface area (Å²) in [4.78, 5) is 2.42. The summed E-state index contributed by atoms with van der Waals surface area (Å²) in [5.74, 6) is 1.03. The number of para-hydroxylation sites is 1. The molecule has 0 unspecified atom stereocenters. The summed E-state index contributed by atoms with van der Waals surface area (Å²) < 4.78 is 6.92. The van der Waals surface area contributed by atoms with Crippen molar-refractivity contribution in [2.45, 2.75) is 26.9 Å². The lowest BCUT2D eigenvalue weighted by Crippen LogP contribution is -2.25. The smallest absolute Gasteiger partial charge is 0.123 e. The van der Waals surface area contributed by atoms with Crippen LogP contribution in [-0.4, -0.2) is 18.1 Å². The van der Waals surface area contributed by atoms with Crippen LogP contribution >= 0.6 is 15.9 Å². The summed E-state index contributed by atoms with van der Waals surface area (Å²) in [6, 6.07) is 16.8. The van der Waals surface area contributed by atoms with Gasteiger partial charge in [0.25, 0.3) is 0 Å². The molecule has 0 aromatic heterocycles. The second kappa shape index (κ2) is 8.20. The van der Waals surface area contributed by atoms with E-state index in [2.05, 4.69) is 63.3 Å². The fourth-order valence-corrected chi connectivity index (χ4v) is 2.86. The van der Waals surface area contributed by atoms with Crippen LogP contribution in [-0.2, 0) is 13.1 Å². The lowest BCUT2D eigenvalue weighted by molar-refractivity contribution is 0.219. The molecule has 112 valence electrons. The maximum absolute atomic E-state index is 5.79. The molecule has 2 nitrogen and oxygen atoms in total. The highest BCUT2D eigenvalue weighted by atomic mass is 79.9. The van der Waals surface area contributed by atoms with Crippen molar-refractivity contribution in [2.24, 2.45) is 0 Å². The van der Waals surface area contributed by atoms with Crippen LogP contribution in [0.5, 0.6) is 5.75 Å². The molecule has 2 aromatic rings. The fourth-order valence-electron chi connectivity index (χ4n) is 2.41. The molecule has 0 saturated heterocycles. The lowest BCUT2D eigenvalue weighted by Gasteiger charge is -2.19. The number of halogens is 1. The van der Waals surface area contributed by atoms with Crippen LogP contribution in [0.15, 0.2) is 53.0 Å². The zero-order valence-electron chi connectivity index (χ0n) is 12.7. The molecule has 0 radical (unpaired) electrons. The quantitative estimate of drug-likeness (QED) is 0.768. The van der Waals surface area contributed by atoms with Gasteiger partial charge in [-0.1, -0.05) is 60.1 Å². The molecule has 0 saturated carbocycles. The van der Waals surface area contributed by atoms with Crippen LogP contribution in [0.25, 0.3) is 0 Å². The Kier molecular flexibility index (Phi) is 6.27. The molecule has 0 atom stereocenters. The molecule has 0 spiro atoms. The summed E-state index contributed by atoms with van der Waals surface area (Å²) in [6.45, 7) is 7.62. The number of benzene rings is 2. The van der Waals surface area contributed by atoms with Crippen LogP contribution in [0.1, 0.15) is 25.0 Å². The number of hydrogen-bond donors (Lipinski definition) is 0. The Bertz CT molecular complexity index is 571. The first-order chi connectivity index (χ1) is 10.3. The molecule has 1 aliphatic heterocycles. The molecule has 1 heterocycles. The first kappa shape index (κ1) is 16.1. The van der Waals surface area contributed by atoms with Crippen molar-refractivity contribution >= 4 is 15.9 Å². The Morgan fingerprint density at radius 2 is 1.90 bits per heavy atom. The van der Waals surface area contributed by atoms with Crippen molar-refractivity contribution < 1.29 is 4.74 Å². The minimum absolute atomic E-state index is 0.755. The molecular formula is C18H22BrNO. The highest BCUT2D eigenvalue weighted by molar-refractivity contribution is 9.10. The minimum Gasteiger partial charge on any atom is -0.492 e. The monoisotopic (exact) mass is 347 g/mol. The number of rotatable bonds is 2. The Balaban J connectivity index is 0.000000774. The third-order valence-corrected chi connectivity index (χ3v) is 3.82. The van der Waals surface area contributed by atoms with E-state index in [-0.39, 0.29) is 0 Å². The van der Waals surface area contributed by atoms with Gasteiger partial charge in [0, 0.05) is 29.7 Å². The van der Waals surface area contributed by atoms with Crippen molar-refractivity contribution in [3.63, 3.8) is 0 Å². The molecule has 0 aliphatic carbocycles. The van der Waals surface area contributed by atoms with Gasteiger partial charge in [-0.15, -0.1) is 0 Å². The van der Waals surface area contributed by atoms with Crippen molar-refractivity contribution in [2.75, 3.05) is 13.2 Å². The second-order valence-electron chi connectivity index (χ2n) is 4.80. The molecule has 0 amide bonds. The molecular weight excluding hydrogens is 326 g/mol. The van der Waals surface area contributed by atoms with Gasteiger partial charge >= 0.3 is 0 Å². The van der Waals surface area contributed by atoms with Crippen LogP contribution < -0.4 is 4.74 Å². The Morgan fingerprint density at radius 1 is 1.10 bits per heavy atom. The van der Waals surface area contributed by atoms with Gasteiger partial charge in [-0.2, -0.15) is 0 Å². The normalized spacial score (nSPS) is 14.2. The molecule has 2 aromatic carbocycles. The van der Waals surface area contributed by atoms with Gasteiger partial charge < -0.3 is 4.74 Å². The van der Waals surface area contributed by atoms with E-state index in [0.29, 0.717) is 0 Å². The molecule has 1 aliphatic rings. The summed E-state index contributed by atoms with van der Waals surface area (Å²) in [5.41, 5.74) is 2.60. The van der Waals surface area contributed by atoms with Crippen LogP contribution in [0.2, 0.25) is 0 Å². The van der Waals surface area contributed by atoms with E-state index in [1.165, 1.54) is 11.1 Å². The topological polar surface area (TPSA) is 12.5 Å². The largest absolute Gasteiger partial charge is 0.492 e. The summed E-state index contributed by atoms with van der Waals surface area (Å²) in [7, 11) is 0. The van der Waals surface area contributed by atoms with Gasteiger partial charge in [-0.3, -0.25) is 4.90 Å². The van der Waals surface area contributed by atoms with Gasteiger partial charge in [0.2, 0.25) is 0 Å². The summed E-state index contributed by atoms with van der Waals surface area (Å²) in [6.07, 6.45) is 0. The molecule has 0 N–H and O–H groups in total. The van der Waals surface area contributed by atoms with E-state index >= 15 is 0 Å². The first-order valence-electron chi connectivity index (χ1n) is 7.49. The Morgan fingerprint density at radius 3 is 2.71 bits per heavy atom. The highest BCUT2D eigenvalue weighted by Crippen LogP contribution is 2.23. The molecule has 0 bridgehead atoms. The van der Waals surface area contributed by atoms with Gasteiger partial charge in [-0.25, -0.2) is 0 Å². The summed E-state index contributed by atoms with van der Waals surface area (Å²) >= 11 is 3.52. The van der Waals surface area contributed by atoms with Crippen molar-refractivity contribution in [3.05, 3.63) is 64.1 Å². The fraction of sp³-hybridized carbons (Fsp3) is 0.333. The van der Waals surface area contributed by atoms with Gasteiger partial charge in [-0.05, 0) is 23.8 Å². The number of ether oxygens (including phenoxy) is 1. The molecule has 0 fully saturated rings. The number of hydrogen-bond acceptors (Lipinski definition) is 2. The van der Waals surface area contributed by atoms with Crippen LogP contribution in [0.4, 0.5) is 0 Å². The Hall–Kier alpha value is -1.32. The van der Waals surface area contributed by atoms with Gasteiger partial charge in [0.1, 0.15) is 12.4 Å². The predicted molar refractivity (Wildman–Crippen MR) is 91.5 cm³/mol. The highest BCUT2D eigenvalue weighted by Gasteiger charge is 2.14. The van der Waals surface area contributed by atoms with E-state index in [0.717, 1.165) is 36.5 Å². The van der Waals surface area contributed by atoms with E-state index < -0.39 is 0 Å². The van der Waals surface area contributed by atoms with Crippen LogP contribution in [0, 0.1) is 0 Å². The van der Waals surface area contributed by atoms with Crippen molar-refractivity contribution in [1.29, 1.82) is 0 Å². The SMILES string of the molecule is Brc1cccc(CN2CCOc3ccccc3C2)c1.CC. The third kappa shape index (κ3) is 4.58. The molecule has 21 heavy (non-hydrogen) atoms. The standard InChI is InChI=1S/C16H16BrNO.C2H6/c17-15-6-3-4-13(10-15)11-18-8-9-19-16-7-2-1-5-14(16)12-18;1-2/h1-7,10H,8-9,11-12H2;1-2H3. The predicted octanol–water partition coefficient (Wildman–Crippen LogP) is 4.87. The minimum atomic E-state index is 0.755.